The van der Waals surface area contributed by atoms with Gasteiger partial charge in [-0.3, -0.25) is 0 Å². The van der Waals surface area contributed by atoms with E-state index in [4.69, 9.17) is 14.2 Å². The molecule has 0 bridgehead atoms. The largest absolute Gasteiger partial charge is 0.491 e. The van der Waals surface area contributed by atoms with E-state index in [-0.39, 0.29) is 0 Å². The molecule has 0 unspecified atom stereocenters. The third kappa shape index (κ3) is 11.5. The number of hydrogen-bond acceptors (Lipinski definition) is 4. The lowest BCUT2D eigenvalue weighted by atomic mass is 9.84. The molecule has 2 aromatic rings. The second-order valence-electron chi connectivity index (χ2n) is 10.7. The predicted molar refractivity (Wildman–Crippen MR) is 153 cm³/mol. The molecule has 1 aliphatic rings. The fraction of sp³-hybridized carbons (Fsp3) is 0.636. The van der Waals surface area contributed by atoms with Gasteiger partial charge in [-0.25, -0.2) is 0 Å². The van der Waals surface area contributed by atoms with E-state index in [1.807, 2.05) is 24.3 Å². The summed E-state index contributed by atoms with van der Waals surface area (Å²) in [6.45, 7) is 4.35. The van der Waals surface area contributed by atoms with Crippen molar-refractivity contribution < 1.29 is 19.3 Å². The van der Waals surface area contributed by atoms with Crippen molar-refractivity contribution in [1.82, 2.24) is 0 Å². The lowest BCUT2D eigenvalue weighted by molar-refractivity contribution is 0.0118. The molecule has 0 saturated carbocycles. The van der Waals surface area contributed by atoms with Crippen LogP contribution in [0.4, 0.5) is 0 Å². The van der Waals surface area contributed by atoms with Gasteiger partial charge in [-0.15, -0.1) is 0 Å². The lowest BCUT2D eigenvalue weighted by Gasteiger charge is -2.29. The van der Waals surface area contributed by atoms with Gasteiger partial charge in [-0.1, -0.05) is 108 Å². The number of para-hydroxylation sites is 2. The zero-order valence-electron chi connectivity index (χ0n) is 23.2. The molecule has 2 aromatic carbocycles. The Balaban J connectivity index is 1.58. The Labute approximate surface area is 225 Å². The van der Waals surface area contributed by atoms with Gasteiger partial charge in [-0.2, -0.15) is 0 Å². The average Bonchev–Trinajstić information content (AvgIpc) is 2.92. The van der Waals surface area contributed by atoms with Gasteiger partial charge in [0.25, 0.3) is 0 Å². The van der Waals surface area contributed by atoms with Gasteiger partial charge in [0.2, 0.25) is 0 Å². The van der Waals surface area contributed by atoms with E-state index in [1.165, 1.54) is 68.9 Å². The van der Waals surface area contributed by atoms with E-state index in [0.717, 1.165) is 50.0 Å². The van der Waals surface area contributed by atoms with Crippen LogP contribution in [0, 0.1) is 0 Å². The van der Waals surface area contributed by atoms with Crippen molar-refractivity contribution in [2.24, 2.45) is 0 Å². The van der Waals surface area contributed by atoms with Gasteiger partial charge in [0.05, 0.1) is 18.8 Å². The van der Waals surface area contributed by atoms with E-state index in [0.29, 0.717) is 26.4 Å². The van der Waals surface area contributed by atoms with E-state index < -0.39 is 5.60 Å². The SMILES string of the molecule is CCCCCCCCCCCCC1(O)CCc2ccccc2OCCOCCOc2ccccc2CC1. The Hall–Kier alpha value is -2.04. The highest BCUT2D eigenvalue weighted by molar-refractivity contribution is 5.34. The Morgan fingerprint density at radius 3 is 1.59 bits per heavy atom. The Morgan fingerprint density at radius 1 is 0.622 bits per heavy atom. The summed E-state index contributed by atoms with van der Waals surface area (Å²) in [7, 11) is 0. The minimum Gasteiger partial charge on any atom is -0.491 e. The molecule has 1 N–H and O–H groups in total. The third-order valence-electron chi connectivity index (χ3n) is 7.63. The molecule has 206 valence electrons. The van der Waals surface area contributed by atoms with Crippen LogP contribution in [0.15, 0.2) is 48.5 Å². The minimum absolute atomic E-state index is 0.510. The van der Waals surface area contributed by atoms with Crippen LogP contribution < -0.4 is 9.47 Å². The number of benzene rings is 2. The molecular formula is C33H50O4. The highest BCUT2D eigenvalue weighted by Gasteiger charge is 2.27. The maximum atomic E-state index is 11.9. The molecule has 0 saturated heterocycles. The number of fused-ring (bicyclic) bond motifs is 2. The van der Waals surface area contributed by atoms with Crippen molar-refractivity contribution in [3.63, 3.8) is 0 Å². The standard InChI is InChI=1S/C33H50O4/c1-2-3-4-5-6-7-8-9-10-15-22-33(34)23-20-29-16-11-13-18-31(29)36-27-25-35-26-28-37-32-19-14-12-17-30(32)21-24-33/h11-14,16-19,34H,2-10,15,20-28H2,1H3. The molecule has 0 radical (unpaired) electrons. The van der Waals surface area contributed by atoms with Crippen LogP contribution in [0.1, 0.15) is 102 Å². The topological polar surface area (TPSA) is 47.9 Å². The minimum atomic E-state index is -0.694. The maximum absolute atomic E-state index is 11.9. The lowest BCUT2D eigenvalue weighted by Crippen LogP contribution is -2.30. The summed E-state index contributed by atoms with van der Waals surface area (Å²) in [5.74, 6) is 1.81. The Morgan fingerprint density at radius 2 is 1.08 bits per heavy atom. The number of aliphatic hydroxyl groups is 1. The Kier molecular flexibility index (Phi) is 13.9. The first-order valence-corrected chi connectivity index (χ1v) is 14.9. The van der Waals surface area contributed by atoms with Crippen molar-refractivity contribution in [2.45, 2.75) is 109 Å². The molecule has 0 atom stereocenters. The van der Waals surface area contributed by atoms with Crippen molar-refractivity contribution >= 4 is 0 Å². The second-order valence-corrected chi connectivity index (χ2v) is 10.7. The van der Waals surface area contributed by atoms with Gasteiger partial charge in [0.1, 0.15) is 24.7 Å². The summed E-state index contributed by atoms with van der Waals surface area (Å²) < 4.78 is 17.8. The van der Waals surface area contributed by atoms with Crippen LogP contribution in [0.5, 0.6) is 11.5 Å². The quantitative estimate of drug-likeness (QED) is 0.310. The molecule has 1 aliphatic heterocycles. The van der Waals surface area contributed by atoms with Crippen LogP contribution in [0.25, 0.3) is 0 Å². The highest BCUT2D eigenvalue weighted by Crippen LogP contribution is 2.31. The van der Waals surface area contributed by atoms with Crippen LogP contribution in [0.3, 0.4) is 0 Å². The number of ether oxygens (including phenoxy) is 3. The first kappa shape index (κ1) is 29.5. The molecule has 3 rings (SSSR count). The van der Waals surface area contributed by atoms with Crippen molar-refractivity contribution in [1.29, 1.82) is 0 Å². The average molecular weight is 511 g/mol. The molecule has 0 aliphatic carbocycles. The van der Waals surface area contributed by atoms with E-state index in [2.05, 4.69) is 31.2 Å². The molecule has 0 spiro atoms. The zero-order chi connectivity index (χ0) is 26.0. The first-order chi connectivity index (χ1) is 18.2. The summed E-state index contributed by atoms with van der Waals surface area (Å²) in [6, 6.07) is 16.5. The molecule has 0 amide bonds. The van der Waals surface area contributed by atoms with Crippen LogP contribution in [-0.2, 0) is 17.6 Å². The van der Waals surface area contributed by atoms with Crippen molar-refractivity contribution in [3.05, 3.63) is 59.7 Å². The number of hydrogen-bond donors (Lipinski definition) is 1. The van der Waals surface area contributed by atoms with E-state index in [1.54, 1.807) is 0 Å². The fourth-order valence-electron chi connectivity index (χ4n) is 5.28. The van der Waals surface area contributed by atoms with Gasteiger partial charge in [-0.05, 0) is 55.4 Å². The smallest absolute Gasteiger partial charge is 0.122 e. The number of rotatable bonds is 11. The summed E-state index contributed by atoms with van der Waals surface area (Å²) in [6.07, 6.45) is 17.0. The van der Waals surface area contributed by atoms with Crippen LogP contribution in [-0.4, -0.2) is 37.1 Å². The zero-order valence-corrected chi connectivity index (χ0v) is 23.2. The molecule has 1 heterocycles. The summed E-state index contributed by atoms with van der Waals surface area (Å²) >= 11 is 0. The molecular weight excluding hydrogens is 460 g/mol. The number of aryl methyl sites for hydroxylation is 2. The Bertz CT molecular complexity index is 809. The van der Waals surface area contributed by atoms with E-state index >= 15 is 0 Å². The third-order valence-corrected chi connectivity index (χ3v) is 7.63. The maximum Gasteiger partial charge on any atom is 0.122 e. The molecule has 37 heavy (non-hydrogen) atoms. The fourth-order valence-corrected chi connectivity index (χ4v) is 5.28. The van der Waals surface area contributed by atoms with Gasteiger partial charge < -0.3 is 19.3 Å². The predicted octanol–water partition coefficient (Wildman–Crippen LogP) is 8.08. The monoisotopic (exact) mass is 510 g/mol. The van der Waals surface area contributed by atoms with E-state index in [9.17, 15) is 5.11 Å². The summed E-state index contributed by atoms with van der Waals surface area (Å²) in [5.41, 5.74) is 1.64. The number of unbranched alkanes of at least 4 members (excludes halogenated alkanes) is 9. The first-order valence-electron chi connectivity index (χ1n) is 14.9. The van der Waals surface area contributed by atoms with Crippen molar-refractivity contribution in [2.75, 3.05) is 26.4 Å². The van der Waals surface area contributed by atoms with Crippen molar-refractivity contribution in [3.8, 4) is 11.5 Å². The molecule has 0 fully saturated rings. The van der Waals surface area contributed by atoms with Gasteiger partial charge in [0, 0.05) is 0 Å². The normalized spacial score (nSPS) is 16.7. The summed E-state index contributed by atoms with van der Waals surface area (Å²) in [5, 5.41) is 11.9. The molecule has 4 heteroatoms. The summed E-state index contributed by atoms with van der Waals surface area (Å²) in [4.78, 5) is 0. The molecule has 4 nitrogen and oxygen atoms in total. The van der Waals surface area contributed by atoms with Gasteiger partial charge in [0.15, 0.2) is 0 Å². The highest BCUT2D eigenvalue weighted by atomic mass is 16.5. The molecule has 0 aromatic heterocycles. The second kappa shape index (κ2) is 17.5. The van der Waals surface area contributed by atoms with Gasteiger partial charge >= 0.3 is 0 Å². The van der Waals surface area contributed by atoms with Crippen LogP contribution >= 0.6 is 0 Å². The van der Waals surface area contributed by atoms with Crippen LogP contribution in [0.2, 0.25) is 0 Å².